The SMILES string of the molecule is CCOc1ccc(NC(=O)[C@H]2CC2(c2ccccc2C)c2ccccc2C)cc1. The highest BCUT2D eigenvalue weighted by atomic mass is 16.5. The molecule has 3 aromatic rings. The first-order valence-electron chi connectivity index (χ1n) is 10.2. The van der Waals surface area contributed by atoms with Crippen LogP contribution >= 0.6 is 0 Å². The Hall–Kier alpha value is -3.07. The Morgan fingerprint density at radius 1 is 0.931 bits per heavy atom. The molecule has 1 fully saturated rings. The molecule has 4 rings (SSSR count). The lowest BCUT2D eigenvalue weighted by atomic mass is 9.81. The van der Waals surface area contributed by atoms with Crippen LogP contribution in [0.1, 0.15) is 35.6 Å². The smallest absolute Gasteiger partial charge is 0.228 e. The average Bonchev–Trinajstić information content (AvgIpc) is 3.47. The fraction of sp³-hybridized carbons (Fsp3) is 0.269. The second kappa shape index (κ2) is 7.75. The molecule has 1 aliphatic rings. The second-order valence-corrected chi connectivity index (χ2v) is 7.80. The van der Waals surface area contributed by atoms with E-state index < -0.39 is 0 Å². The summed E-state index contributed by atoms with van der Waals surface area (Å²) < 4.78 is 5.49. The van der Waals surface area contributed by atoms with Crippen LogP contribution in [0.15, 0.2) is 72.8 Å². The molecule has 0 unspecified atom stereocenters. The molecular formula is C26H27NO2. The van der Waals surface area contributed by atoms with Gasteiger partial charge in [-0.2, -0.15) is 0 Å². The zero-order chi connectivity index (χ0) is 20.4. The van der Waals surface area contributed by atoms with Crippen LogP contribution in [0.3, 0.4) is 0 Å². The van der Waals surface area contributed by atoms with Gasteiger partial charge in [-0.1, -0.05) is 48.5 Å². The molecule has 0 radical (unpaired) electrons. The lowest BCUT2D eigenvalue weighted by molar-refractivity contribution is -0.117. The third-order valence-electron chi connectivity index (χ3n) is 5.96. The van der Waals surface area contributed by atoms with Gasteiger partial charge in [-0.25, -0.2) is 0 Å². The molecule has 1 atom stereocenters. The number of hydrogen-bond acceptors (Lipinski definition) is 2. The highest BCUT2D eigenvalue weighted by Crippen LogP contribution is 2.60. The maximum atomic E-state index is 13.2. The predicted molar refractivity (Wildman–Crippen MR) is 117 cm³/mol. The third-order valence-corrected chi connectivity index (χ3v) is 5.96. The van der Waals surface area contributed by atoms with E-state index in [1.165, 1.54) is 22.3 Å². The van der Waals surface area contributed by atoms with Crippen molar-refractivity contribution in [2.75, 3.05) is 11.9 Å². The molecule has 1 saturated carbocycles. The zero-order valence-electron chi connectivity index (χ0n) is 17.2. The third kappa shape index (κ3) is 3.53. The number of carbonyl (C=O) groups excluding carboxylic acids is 1. The van der Waals surface area contributed by atoms with Gasteiger partial charge < -0.3 is 10.1 Å². The minimum Gasteiger partial charge on any atom is -0.494 e. The first kappa shape index (κ1) is 19.3. The Kier molecular flexibility index (Phi) is 5.14. The number of ether oxygens (including phenoxy) is 1. The molecule has 0 aliphatic heterocycles. The summed E-state index contributed by atoms with van der Waals surface area (Å²) in [6.45, 7) is 6.85. The molecule has 3 heteroatoms. The van der Waals surface area contributed by atoms with Crippen molar-refractivity contribution in [3.63, 3.8) is 0 Å². The van der Waals surface area contributed by atoms with Gasteiger partial charge in [0, 0.05) is 11.1 Å². The van der Waals surface area contributed by atoms with Crippen LogP contribution in [0.5, 0.6) is 5.75 Å². The van der Waals surface area contributed by atoms with Crippen LogP contribution in [0.25, 0.3) is 0 Å². The van der Waals surface area contributed by atoms with Crippen molar-refractivity contribution in [2.24, 2.45) is 5.92 Å². The monoisotopic (exact) mass is 385 g/mol. The maximum Gasteiger partial charge on any atom is 0.228 e. The highest BCUT2D eigenvalue weighted by molar-refractivity contribution is 5.97. The first-order valence-corrected chi connectivity index (χ1v) is 10.2. The summed E-state index contributed by atoms with van der Waals surface area (Å²) in [6, 6.07) is 24.4. The highest BCUT2D eigenvalue weighted by Gasteiger charge is 2.61. The number of nitrogens with one attached hydrogen (secondary N) is 1. The number of aryl methyl sites for hydroxylation is 2. The summed E-state index contributed by atoms with van der Waals surface area (Å²) in [5.74, 6) is 0.794. The maximum absolute atomic E-state index is 13.2. The molecule has 1 amide bonds. The molecule has 148 valence electrons. The van der Waals surface area contributed by atoms with Crippen molar-refractivity contribution in [3.8, 4) is 5.75 Å². The molecular weight excluding hydrogens is 358 g/mol. The normalized spacial score (nSPS) is 16.9. The van der Waals surface area contributed by atoms with Gasteiger partial charge in [-0.3, -0.25) is 4.79 Å². The molecule has 3 aromatic carbocycles. The molecule has 1 N–H and O–H groups in total. The standard InChI is InChI=1S/C26H27NO2/c1-4-29-21-15-13-20(14-16-21)27-25(28)24-17-26(24,22-11-7-5-9-18(22)2)23-12-8-6-10-19(23)3/h5-16,24H,4,17H2,1-3H3,(H,27,28)/t24-/m1/s1. The number of benzene rings is 3. The van der Waals surface area contributed by atoms with Gasteiger partial charge in [0.2, 0.25) is 5.91 Å². The van der Waals surface area contributed by atoms with E-state index in [9.17, 15) is 4.79 Å². The summed E-state index contributed by atoms with van der Waals surface area (Å²) in [5, 5.41) is 3.11. The quantitative estimate of drug-likeness (QED) is 0.596. The molecule has 3 nitrogen and oxygen atoms in total. The minimum atomic E-state index is -0.258. The summed E-state index contributed by atoms with van der Waals surface area (Å²) >= 11 is 0. The molecule has 0 saturated heterocycles. The minimum absolute atomic E-state index is 0.0701. The Bertz CT molecular complexity index is 977. The molecule has 0 spiro atoms. The van der Waals surface area contributed by atoms with Crippen LogP contribution in [-0.2, 0) is 10.2 Å². The van der Waals surface area contributed by atoms with E-state index in [2.05, 4.69) is 67.7 Å². The van der Waals surface area contributed by atoms with E-state index in [0.717, 1.165) is 17.9 Å². The van der Waals surface area contributed by atoms with E-state index in [-0.39, 0.29) is 17.2 Å². The van der Waals surface area contributed by atoms with Crippen molar-refractivity contribution < 1.29 is 9.53 Å². The van der Waals surface area contributed by atoms with Gasteiger partial charge in [0.15, 0.2) is 0 Å². The fourth-order valence-electron chi connectivity index (χ4n) is 4.50. The van der Waals surface area contributed by atoms with Crippen LogP contribution in [0.2, 0.25) is 0 Å². The Labute approximate surface area is 172 Å². The van der Waals surface area contributed by atoms with Crippen LogP contribution in [0.4, 0.5) is 5.69 Å². The Balaban J connectivity index is 1.64. The van der Waals surface area contributed by atoms with Gasteiger partial charge in [0.25, 0.3) is 0 Å². The summed E-state index contributed by atoms with van der Waals surface area (Å²) in [7, 11) is 0. The number of carbonyl (C=O) groups is 1. The van der Waals surface area contributed by atoms with Crippen LogP contribution < -0.4 is 10.1 Å². The molecule has 0 bridgehead atoms. The van der Waals surface area contributed by atoms with E-state index in [0.29, 0.717) is 6.61 Å². The Morgan fingerprint density at radius 3 is 2.00 bits per heavy atom. The van der Waals surface area contributed by atoms with Crippen molar-refractivity contribution >= 4 is 11.6 Å². The average molecular weight is 386 g/mol. The van der Waals surface area contributed by atoms with Crippen molar-refractivity contribution in [2.45, 2.75) is 32.6 Å². The lowest BCUT2D eigenvalue weighted by Crippen LogP contribution is -2.23. The molecule has 0 heterocycles. The van der Waals surface area contributed by atoms with Crippen LogP contribution in [0, 0.1) is 19.8 Å². The topological polar surface area (TPSA) is 38.3 Å². The van der Waals surface area contributed by atoms with Crippen molar-refractivity contribution in [1.29, 1.82) is 0 Å². The molecule has 0 aromatic heterocycles. The number of rotatable bonds is 6. The van der Waals surface area contributed by atoms with E-state index in [1.807, 2.05) is 31.2 Å². The number of amides is 1. The zero-order valence-corrected chi connectivity index (χ0v) is 17.2. The first-order chi connectivity index (χ1) is 14.1. The molecule has 1 aliphatic carbocycles. The lowest BCUT2D eigenvalue weighted by Gasteiger charge is -2.23. The second-order valence-electron chi connectivity index (χ2n) is 7.80. The largest absolute Gasteiger partial charge is 0.494 e. The predicted octanol–water partition coefficient (Wildman–Crippen LogP) is 5.65. The van der Waals surface area contributed by atoms with E-state index in [4.69, 9.17) is 4.74 Å². The fourth-order valence-corrected chi connectivity index (χ4v) is 4.50. The van der Waals surface area contributed by atoms with Gasteiger partial charge in [-0.05, 0) is 73.7 Å². The van der Waals surface area contributed by atoms with Crippen molar-refractivity contribution in [1.82, 2.24) is 0 Å². The number of anilines is 1. The Morgan fingerprint density at radius 2 is 1.48 bits per heavy atom. The van der Waals surface area contributed by atoms with Crippen molar-refractivity contribution in [3.05, 3.63) is 95.1 Å². The number of hydrogen-bond donors (Lipinski definition) is 1. The van der Waals surface area contributed by atoms with Gasteiger partial charge in [0.05, 0.1) is 12.5 Å². The molecule has 29 heavy (non-hydrogen) atoms. The van der Waals surface area contributed by atoms with Crippen LogP contribution in [-0.4, -0.2) is 12.5 Å². The van der Waals surface area contributed by atoms with E-state index in [1.54, 1.807) is 0 Å². The summed E-state index contributed by atoms with van der Waals surface area (Å²) in [5.41, 5.74) is 5.50. The van der Waals surface area contributed by atoms with Gasteiger partial charge >= 0.3 is 0 Å². The van der Waals surface area contributed by atoms with Gasteiger partial charge in [-0.15, -0.1) is 0 Å². The van der Waals surface area contributed by atoms with E-state index >= 15 is 0 Å². The summed E-state index contributed by atoms with van der Waals surface area (Å²) in [6.07, 6.45) is 0.825. The summed E-state index contributed by atoms with van der Waals surface area (Å²) in [4.78, 5) is 13.2. The van der Waals surface area contributed by atoms with Gasteiger partial charge in [0.1, 0.15) is 5.75 Å².